The molecule has 1 aliphatic carbocycles. The molecule has 2 amide bonds. The molecule has 1 unspecified atom stereocenters. The summed E-state index contributed by atoms with van der Waals surface area (Å²) in [5.74, 6) is 0.369. The highest BCUT2D eigenvalue weighted by Gasteiger charge is 2.27. The van der Waals surface area contributed by atoms with Gasteiger partial charge in [0.1, 0.15) is 0 Å². The molecule has 5 nitrogen and oxygen atoms in total. The highest BCUT2D eigenvalue weighted by atomic mass is 35.5. The van der Waals surface area contributed by atoms with Gasteiger partial charge in [0.2, 0.25) is 5.91 Å². The highest BCUT2D eigenvalue weighted by molar-refractivity contribution is 6.33. The lowest BCUT2D eigenvalue weighted by molar-refractivity contribution is -0.119. The summed E-state index contributed by atoms with van der Waals surface area (Å²) in [4.78, 5) is 30.2. The van der Waals surface area contributed by atoms with Crippen LogP contribution in [0.5, 0.6) is 0 Å². The van der Waals surface area contributed by atoms with Gasteiger partial charge in [-0.3, -0.25) is 9.59 Å². The van der Waals surface area contributed by atoms with Gasteiger partial charge < -0.3 is 15.1 Å². The van der Waals surface area contributed by atoms with Crippen LogP contribution < -0.4 is 10.2 Å². The number of carbonyl (C=O) groups is 2. The largest absolute Gasteiger partial charge is 0.377 e. The quantitative estimate of drug-likeness (QED) is 0.499. The molecule has 178 valence electrons. The second-order valence-corrected chi connectivity index (χ2v) is 10.0. The molecule has 0 aliphatic heterocycles. The lowest BCUT2D eigenvalue weighted by Crippen LogP contribution is -2.41. The zero-order chi connectivity index (χ0) is 24.1. The Balaban J connectivity index is 1.93. The third kappa shape index (κ3) is 6.08. The van der Waals surface area contributed by atoms with Gasteiger partial charge in [-0.1, -0.05) is 50.4 Å². The van der Waals surface area contributed by atoms with Crippen molar-refractivity contribution in [2.24, 2.45) is 11.8 Å². The number of nitrogens with one attached hydrogen (secondary N) is 1. The molecule has 0 aromatic heterocycles. The molecule has 0 bridgehead atoms. The molecular weight excluding hydrogens is 434 g/mol. The summed E-state index contributed by atoms with van der Waals surface area (Å²) in [5, 5.41) is 3.56. The minimum Gasteiger partial charge on any atom is -0.377 e. The van der Waals surface area contributed by atoms with Crippen molar-refractivity contribution in [1.82, 2.24) is 4.90 Å². The Labute approximate surface area is 203 Å². The van der Waals surface area contributed by atoms with E-state index in [0.717, 1.165) is 42.6 Å². The number of amides is 2. The summed E-state index contributed by atoms with van der Waals surface area (Å²) in [5.41, 5.74) is 3.28. The summed E-state index contributed by atoms with van der Waals surface area (Å²) in [7, 11) is 3.98. The van der Waals surface area contributed by atoms with Crippen molar-refractivity contribution in [2.75, 3.05) is 24.3 Å². The van der Waals surface area contributed by atoms with Crippen LogP contribution in [0.15, 0.2) is 42.5 Å². The molecule has 1 saturated carbocycles. The monoisotopic (exact) mass is 469 g/mol. The van der Waals surface area contributed by atoms with Crippen LogP contribution >= 0.6 is 11.6 Å². The van der Waals surface area contributed by atoms with Gasteiger partial charge in [0.05, 0.1) is 10.6 Å². The van der Waals surface area contributed by atoms with Crippen LogP contribution in [0.1, 0.15) is 62.4 Å². The Morgan fingerprint density at radius 1 is 1.06 bits per heavy atom. The average molecular weight is 470 g/mol. The fourth-order valence-corrected chi connectivity index (χ4v) is 4.61. The van der Waals surface area contributed by atoms with E-state index in [-0.39, 0.29) is 29.7 Å². The van der Waals surface area contributed by atoms with E-state index in [0.29, 0.717) is 17.1 Å². The molecule has 3 rings (SSSR count). The Kier molecular flexibility index (Phi) is 8.41. The van der Waals surface area contributed by atoms with E-state index >= 15 is 0 Å². The first kappa shape index (κ1) is 25.1. The molecule has 2 aromatic carbocycles. The van der Waals surface area contributed by atoms with Crippen molar-refractivity contribution in [1.29, 1.82) is 0 Å². The zero-order valence-corrected chi connectivity index (χ0v) is 21.2. The normalized spacial score (nSPS) is 14.9. The molecule has 2 aromatic rings. The molecule has 0 saturated heterocycles. The van der Waals surface area contributed by atoms with Crippen LogP contribution in [0.4, 0.5) is 11.4 Å². The number of carbonyl (C=O) groups excluding carboxylic acids is 2. The highest BCUT2D eigenvalue weighted by Crippen LogP contribution is 2.30. The summed E-state index contributed by atoms with van der Waals surface area (Å²) >= 11 is 6.37. The van der Waals surface area contributed by atoms with E-state index in [1.807, 2.05) is 54.2 Å². The standard InChI is InChI=1S/C27H36ClN3O2/c1-18(2)19(3)31(27(33)23-12-8-9-13-24(23)28)17-21-16-22(14-15-25(21)30(4)5)29-26(32)20-10-6-7-11-20/h8-9,12-16,18-20H,6-7,10-11,17H2,1-5H3,(H,29,32). The predicted molar refractivity (Wildman–Crippen MR) is 137 cm³/mol. The smallest absolute Gasteiger partial charge is 0.255 e. The summed E-state index contributed by atoms with van der Waals surface area (Å²) in [6, 6.07) is 13.1. The van der Waals surface area contributed by atoms with E-state index in [4.69, 9.17) is 11.6 Å². The fourth-order valence-electron chi connectivity index (χ4n) is 4.39. The van der Waals surface area contributed by atoms with Gasteiger partial charge in [-0.25, -0.2) is 0 Å². The minimum atomic E-state index is -0.0908. The van der Waals surface area contributed by atoms with Crippen LogP contribution in [0.25, 0.3) is 0 Å². The first-order valence-corrected chi connectivity index (χ1v) is 12.2. The van der Waals surface area contributed by atoms with Gasteiger partial charge in [0, 0.05) is 44.0 Å². The molecule has 1 aliphatic rings. The van der Waals surface area contributed by atoms with Gasteiger partial charge in [-0.15, -0.1) is 0 Å². The topological polar surface area (TPSA) is 52.7 Å². The van der Waals surface area contributed by atoms with Gasteiger partial charge in [0.15, 0.2) is 0 Å². The summed E-state index contributed by atoms with van der Waals surface area (Å²) in [6.45, 7) is 6.72. The second kappa shape index (κ2) is 11.1. The molecule has 0 radical (unpaired) electrons. The molecule has 0 spiro atoms. The fraction of sp³-hybridized carbons (Fsp3) is 0.481. The molecule has 1 fully saturated rings. The third-order valence-electron chi connectivity index (χ3n) is 6.72. The van der Waals surface area contributed by atoms with E-state index in [1.54, 1.807) is 12.1 Å². The second-order valence-electron chi connectivity index (χ2n) is 9.61. The van der Waals surface area contributed by atoms with Crippen molar-refractivity contribution in [3.8, 4) is 0 Å². The number of halogens is 1. The van der Waals surface area contributed by atoms with Crippen LogP contribution in [0.2, 0.25) is 5.02 Å². The number of anilines is 2. The van der Waals surface area contributed by atoms with Crippen LogP contribution in [0, 0.1) is 11.8 Å². The van der Waals surface area contributed by atoms with Crippen molar-refractivity contribution < 1.29 is 9.59 Å². The number of rotatable bonds is 8. The predicted octanol–water partition coefficient (Wildman–Crippen LogP) is 6.22. The van der Waals surface area contributed by atoms with Crippen molar-refractivity contribution in [3.05, 3.63) is 58.6 Å². The molecule has 0 heterocycles. The van der Waals surface area contributed by atoms with Gasteiger partial charge in [-0.05, 0) is 61.6 Å². The Morgan fingerprint density at radius 2 is 1.73 bits per heavy atom. The third-order valence-corrected chi connectivity index (χ3v) is 7.05. The van der Waals surface area contributed by atoms with E-state index in [2.05, 4.69) is 26.1 Å². The number of hydrogen-bond acceptors (Lipinski definition) is 3. The number of hydrogen-bond donors (Lipinski definition) is 1. The van der Waals surface area contributed by atoms with E-state index < -0.39 is 0 Å². The van der Waals surface area contributed by atoms with E-state index in [1.165, 1.54) is 0 Å². The Hall–Kier alpha value is -2.53. The molecule has 33 heavy (non-hydrogen) atoms. The summed E-state index contributed by atoms with van der Waals surface area (Å²) < 4.78 is 0. The van der Waals surface area contributed by atoms with Crippen LogP contribution in [-0.2, 0) is 11.3 Å². The lowest BCUT2D eigenvalue weighted by atomic mass is 10.0. The first-order valence-electron chi connectivity index (χ1n) is 11.9. The maximum atomic E-state index is 13.6. The molecule has 1 N–H and O–H groups in total. The zero-order valence-electron chi connectivity index (χ0n) is 20.4. The number of benzene rings is 2. The maximum absolute atomic E-state index is 13.6. The maximum Gasteiger partial charge on any atom is 0.255 e. The van der Waals surface area contributed by atoms with Crippen LogP contribution in [-0.4, -0.2) is 36.9 Å². The minimum absolute atomic E-state index is 0.000483. The first-order chi connectivity index (χ1) is 15.7. The molecular formula is C27H36ClN3O2. The van der Waals surface area contributed by atoms with Crippen LogP contribution in [0.3, 0.4) is 0 Å². The van der Waals surface area contributed by atoms with Gasteiger partial charge >= 0.3 is 0 Å². The van der Waals surface area contributed by atoms with Crippen molar-refractivity contribution >= 4 is 34.8 Å². The summed E-state index contributed by atoms with van der Waals surface area (Å²) in [6.07, 6.45) is 4.16. The van der Waals surface area contributed by atoms with Gasteiger partial charge in [-0.2, -0.15) is 0 Å². The molecule has 6 heteroatoms. The SMILES string of the molecule is CC(C)C(C)N(Cc1cc(NC(=O)C2CCCC2)ccc1N(C)C)C(=O)c1ccccc1Cl. The van der Waals surface area contributed by atoms with Gasteiger partial charge in [0.25, 0.3) is 5.91 Å². The number of nitrogens with zero attached hydrogens (tertiary/aromatic N) is 2. The molecule has 1 atom stereocenters. The average Bonchev–Trinajstić information content (AvgIpc) is 3.32. The van der Waals surface area contributed by atoms with Crippen molar-refractivity contribution in [3.63, 3.8) is 0 Å². The Bertz CT molecular complexity index is 983. The van der Waals surface area contributed by atoms with E-state index in [9.17, 15) is 9.59 Å². The Morgan fingerprint density at radius 3 is 2.33 bits per heavy atom. The van der Waals surface area contributed by atoms with Crippen molar-refractivity contribution in [2.45, 2.75) is 59.0 Å². The lowest BCUT2D eigenvalue weighted by Gasteiger charge is -2.33.